The minimum absolute atomic E-state index is 0.207. The van der Waals surface area contributed by atoms with Crippen LogP contribution in [0.2, 0.25) is 0 Å². The first-order chi connectivity index (χ1) is 10.3. The number of nitrogens with two attached hydrogens (primary N) is 1. The third-order valence-electron chi connectivity index (χ3n) is 3.19. The van der Waals surface area contributed by atoms with Gasteiger partial charge in [-0.25, -0.2) is 0 Å². The van der Waals surface area contributed by atoms with Gasteiger partial charge in [-0.2, -0.15) is 4.98 Å². The van der Waals surface area contributed by atoms with Crippen LogP contribution in [0.25, 0.3) is 0 Å². The van der Waals surface area contributed by atoms with Crippen LogP contribution in [-0.4, -0.2) is 4.98 Å². The van der Waals surface area contributed by atoms with Crippen LogP contribution in [0, 0.1) is 0 Å². The average Bonchev–Trinajstić information content (AvgIpc) is 2.54. The molecule has 104 valence electrons. The average molecular weight is 276 g/mol. The molecular formula is C18H16N2O. The summed E-state index contributed by atoms with van der Waals surface area (Å²) in [6, 6.07) is 25.6. The molecule has 0 saturated heterocycles. The van der Waals surface area contributed by atoms with Crippen molar-refractivity contribution in [2.24, 2.45) is 0 Å². The van der Waals surface area contributed by atoms with Crippen molar-refractivity contribution in [3.63, 3.8) is 0 Å². The van der Waals surface area contributed by atoms with Gasteiger partial charge in [0, 0.05) is 6.07 Å². The molecule has 0 spiro atoms. The maximum Gasteiger partial charge on any atom is 0.216 e. The molecule has 0 bridgehead atoms. The minimum atomic E-state index is -0.207. The second-order valence-electron chi connectivity index (χ2n) is 4.72. The zero-order valence-electron chi connectivity index (χ0n) is 11.5. The van der Waals surface area contributed by atoms with Crippen molar-refractivity contribution < 1.29 is 4.74 Å². The van der Waals surface area contributed by atoms with E-state index >= 15 is 0 Å². The molecule has 0 radical (unpaired) electrons. The molecule has 1 heterocycles. The molecule has 0 aliphatic heterocycles. The number of nitrogen functional groups attached to an aromatic ring is 1. The summed E-state index contributed by atoms with van der Waals surface area (Å²) in [4.78, 5) is 4.22. The Morgan fingerprint density at radius 3 is 1.81 bits per heavy atom. The van der Waals surface area contributed by atoms with Gasteiger partial charge in [0.05, 0.1) is 0 Å². The minimum Gasteiger partial charge on any atom is -0.464 e. The van der Waals surface area contributed by atoms with Crippen LogP contribution in [0.15, 0.2) is 78.9 Å². The molecule has 3 aromatic rings. The lowest BCUT2D eigenvalue weighted by molar-refractivity contribution is 0.237. The van der Waals surface area contributed by atoms with E-state index in [0.29, 0.717) is 11.7 Å². The molecular weight excluding hydrogens is 260 g/mol. The van der Waals surface area contributed by atoms with E-state index < -0.39 is 0 Å². The highest BCUT2D eigenvalue weighted by Crippen LogP contribution is 2.27. The van der Waals surface area contributed by atoms with Crippen molar-refractivity contribution >= 4 is 5.82 Å². The maximum absolute atomic E-state index is 6.08. The number of pyridine rings is 1. The Balaban J connectivity index is 1.97. The molecule has 2 N–H and O–H groups in total. The topological polar surface area (TPSA) is 48.1 Å². The molecule has 0 aliphatic rings. The van der Waals surface area contributed by atoms with Crippen LogP contribution >= 0.6 is 0 Å². The van der Waals surface area contributed by atoms with Crippen molar-refractivity contribution in [3.8, 4) is 5.88 Å². The number of hydrogen-bond acceptors (Lipinski definition) is 3. The highest BCUT2D eigenvalue weighted by atomic mass is 16.5. The van der Waals surface area contributed by atoms with Gasteiger partial charge in [0.15, 0.2) is 6.10 Å². The summed E-state index contributed by atoms with van der Waals surface area (Å²) in [5.74, 6) is 0.972. The van der Waals surface area contributed by atoms with E-state index in [4.69, 9.17) is 10.5 Å². The summed E-state index contributed by atoms with van der Waals surface area (Å²) in [5, 5.41) is 0. The lowest BCUT2D eigenvalue weighted by atomic mass is 10.0. The Kier molecular flexibility index (Phi) is 3.83. The van der Waals surface area contributed by atoms with Gasteiger partial charge in [0.1, 0.15) is 5.82 Å². The molecule has 0 unspecified atom stereocenters. The van der Waals surface area contributed by atoms with Crippen LogP contribution in [0.3, 0.4) is 0 Å². The molecule has 0 fully saturated rings. The summed E-state index contributed by atoms with van der Waals surface area (Å²) in [7, 11) is 0. The molecule has 3 heteroatoms. The third-order valence-corrected chi connectivity index (χ3v) is 3.19. The summed E-state index contributed by atoms with van der Waals surface area (Å²) >= 11 is 0. The number of hydrogen-bond donors (Lipinski definition) is 1. The normalized spacial score (nSPS) is 10.5. The van der Waals surface area contributed by atoms with Crippen LogP contribution in [-0.2, 0) is 0 Å². The summed E-state index contributed by atoms with van der Waals surface area (Å²) < 4.78 is 6.08. The Hall–Kier alpha value is -2.81. The smallest absolute Gasteiger partial charge is 0.216 e. The van der Waals surface area contributed by atoms with Crippen molar-refractivity contribution in [2.45, 2.75) is 6.10 Å². The van der Waals surface area contributed by atoms with Gasteiger partial charge in [0.2, 0.25) is 5.88 Å². The molecule has 1 aromatic heterocycles. The van der Waals surface area contributed by atoms with E-state index in [9.17, 15) is 0 Å². The fraction of sp³-hybridized carbons (Fsp3) is 0.0556. The Morgan fingerprint density at radius 2 is 1.29 bits per heavy atom. The molecule has 3 nitrogen and oxygen atoms in total. The fourth-order valence-corrected chi connectivity index (χ4v) is 2.20. The highest BCUT2D eigenvalue weighted by Gasteiger charge is 2.16. The number of rotatable bonds is 4. The van der Waals surface area contributed by atoms with E-state index in [1.807, 2.05) is 72.8 Å². The largest absolute Gasteiger partial charge is 0.464 e. The lowest BCUT2D eigenvalue weighted by Crippen LogP contribution is -2.10. The van der Waals surface area contributed by atoms with Crippen LogP contribution in [0.5, 0.6) is 5.88 Å². The van der Waals surface area contributed by atoms with E-state index in [2.05, 4.69) is 4.98 Å². The van der Waals surface area contributed by atoms with Gasteiger partial charge in [-0.3, -0.25) is 0 Å². The van der Waals surface area contributed by atoms with Gasteiger partial charge in [-0.05, 0) is 17.2 Å². The van der Waals surface area contributed by atoms with Crippen LogP contribution in [0.1, 0.15) is 17.2 Å². The number of aromatic nitrogens is 1. The Morgan fingerprint density at radius 1 is 0.714 bits per heavy atom. The van der Waals surface area contributed by atoms with Crippen LogP contribution in [0.4, 0.5) is 5.82 Å². The molecule has 0 atom stereocenters. The first-order valence-corrected chi connectivity index (χ1v) is 6.82. The summed E-state index contributed by atoms with van der Waals surface area (Å²) in [6.07, 6.45) is -0.207. The van der Waals surface area contributed by atoms with Crippen molar-refractivity contribution in [3.05, 3.63) is 90.0 Å². The van der Waals surface area contributed by atoms with Gasteiger partial charge < -0.3 is 10.5 Å². The number of benzene rings is 2. The Labute approximate surface area is 124 Å². The molecule has 3 rings (SSSR count). The predicted molar refractivity (Wildman–Crippen MR) is 84.0 cm³/mol. The van der Waals surface area contributed by atoms with E-state index in [-0.39, 0.29) is 6.10 Å². The van der Waals surface area contributed by atoms with Crippen LogP contribution < -0.4 is 10.5 Å². The molecule has 0 aliphatic carbocycles. The number of ether oxygens (including phenoxy) is 1. The molecule has 0 amide bonds. The van der Waals surface area contributed by atoms with E-state index in [1.165, 1.54) is 0 Å². The second kappa shape index (κ2) is 6.09. The summed E-state index contributed by atoms with van der Waals surface area (Å²) in [5.41, 5.74) is 7.87. The number of nitrogens with zero attached hydrogens (tertiary/aromatic N) is 1. The summed E-state index contributed by atoms with van der Waals surface area (Å²) in [6.45, 7) is 0. The monoisotopic (exact) mass is 276 g/mol. The maximum atomic E-state index is 6.08. The fourth-order valence-electron chi connectivity index (χ4n) is 2.20. The van der Waals surface area contributed by atoms with Crippen molar-refractivity contribution in [1.82, 2.24) is 4.98 Å². The van der Waals surface area contributed by atoms with E-state index in [1.54, 1.807) is 6.07 Å². The second-order valence-corrected chi connectivity index (χ2v) is 4.72. The zero-order valence-corrected chi connectivity index (χ0v) is 11.5. The van der Waals surface area contributed by atoms with Gasteiger partial charge >= 0.3 is 0 Å². The number of anilines is 1. The Bertz CT molecular complexity index is 659. The van der Waals surface area contributed by atoms with Crippen molar-refractivity contribution in [2.75, 3.05) is 5.73 Å². The van der Waals surface area contributed by atoms with Crippen molar-refractivity contribution in [1.29, 1.82) is 0 Å². The zero-order chi connectivity index (χ0) is 14.5. The SMILES string of the molecule is Nc1cccc(OC(c2ccccc2)c2ccccc2)n1. The van der Waals surface area contributed by atoms with Gasteiger partial charge in [-0.1, -0.05) is 66.7 Å². The first-order valence-electron chi connectivity index (χ1n) is 6.82. The molecule has 0 saturated carbocycles. The standard InChI is InChI=1S/C18H16N2O/c19-16-12-7-13-17(20-16)21-18(14-8-3-1-4-9-14)15-10-5-2-6-11-15/h1-13,18H,(H2,19,20). The quantitative estimate of drug-likeness (QED) is 0.787. The predicted octanol–water partition coefficient (Wildman–Crippen LogP) is 3.83. The molecule has 21 heavy (non-hydrogen) atoms. The van der Waals surface area contributed by atoms with Gasteiger partial charge in [-0.15, -0.1) is 0 Å². The third kappa shape index (κ3) is 3.20. The lowest BCUT2D eigenvalue weighted by Gasteiger charge is -2.19. The highest BCUT2D eigenvalue weighted by molar-refractivity contribution is 5.34. The van der Waals surface area contributed by atoms with Gasteiger partial charge in [0.25, 0.3) is 0 Å². The van der Waals surface area contributed by atoms with E-state index in [0.717, 1.165) is 11.1 Å². The first kappa shape index (κ1) is 13.2. The molecule has 2 aromatic carbocycles.